The first-order valence-electron chi connectivity index (χ1n) is 5.90. The Morgan fingerprint density at radius 2 is 2.00 bits per heavy atom. The molecule has 21 heavy (non-hydrogen) atoms. The molecule has 1 N–H and O–H groups in total. The average molecular weight is 417 g/mol. The van der Waals surface area contributed by atoms with Gasteiger partial charge in [-0.3, -0.25) is 14.9 Å². The van der Waals surface area contributed by atoms with Crippen molar-refractivity contribution < 1.29 is 9.72 Å². The number of nitro groups is 1. The van der Waals surface area contributed by atoms with Gasteiger partial charge in [0.25, 0.3) is 11.6 Å². The van der Waals surface area contributed by atoms with Crippen LogP contribution in [0.4, 0.5) is 11.4 Å². The molecule has 0 radical (unpaired) electrons. The van der Waals surface area contributed by atoms with Crippen LogP contribution in [0.3, 0.4) is 0 Å². The van der Waals surface area contributed by atoms with Crippen molar-refractivity contribution in [3.8, 4) is 0 Å². The van der Waals surface area contributed by atoms with Crippen LogP contribution in [0.2, 0.25) is 5.02 Å². The van der Waals surface area contributed by atoms with Crippen molar-refractivity contribution in [2.45, 2.75) is 6.92 Å². The molecule has 0 saturated heterocycles. The van der Waals surface area contributed by atoms with E-state index in [1.807, 2.05) is 0 Å². The third-order valence-electron chi connectivity index (χ3n) is 2.84. The summed E-state index contributed by atoms with van der Waals surface area (Å²) >= 11 is 7.93. The van der Waals surface area contributed by atoms with E-state index in [4.69, 9.17) is 11.6 Å². The molecule has 108 valence electrons. The van der Waals surface area contributed by atoms with Gasteiger partial charge in [-0.2, -0.15) is 0 Å². The van der Waals surface area contributed by atoms with Gasteiger partial charge in [-0.1, -0.05) is 11.6 Å². The number of carbonyl (C=O) groups is 1. The molecule has 0 unspecified atom stereocenters. The zero-order valence-electron chi connectivity index (χ0n) is 10.9. The van der Waals surface area contributed by atoms with Crippen molar-refractivity contribution in [1.82, 2.24) is 0 Å². The number of aryl methyl sites for hydroxylation is 1. The van der Waals surface area contributed by atoms with Gasteiger partial charge in [0.05, 0.1) is 10.6 Å². The van der Waals surface area contributed by atoms with Crippen LogP contribution in [0.5, 0.6) is 0 Å². The smallest absolute Gasteiger partial charge is 0.269 e. The Morgan fingerprint density at radius 3 is 2.57 bits per heavy atom. The summed E-state index contributed by atoms with van der Waals surface area (Å²) in [7, 11) is 0. The highest BCUT2D eigenvalue weighted by Crippen LogP contribution is 2.24. The molecular formula is C14H10ClIN2O3. The number of benzene rings is 2. The van der Waals surface area contributed by atoms with E-state index in [1.54, 1.807) is 25.1 Å². The third-order valence-corrected chi connectivity index (χ3v) is 3.97. The number of anilines is 1. The number of nitrogens with zero attached hydrogens (tertiary/aromatic N) is 1. The molecular weight excluding hydrogens is 407 g/mol. The summed E-state index contributed by atoms with van der Waals surface area (Å²) in [5.41, 5.74) is 1.55. The van der Waals surface area contributed by atoms with Crippen molar-refractivity contribution in [2.75, 3.05) is 5.32 Å². The first-order valence-corrected chi connectivity index (χ1v) is 7.35. The monoisotopic (exact) mass is 416 g/mol. The van der Waals surface area contributed by atoms with E-state index < -0.39 is 4.92 Å². The van der Waals surface area contributed by atoms with Gasteiger partial charge >= 0.3 is 0 Å². The number of halogens is 2. The fourth-order valence-corrected chi connectivity index (χ4v) is 2.80. The molecule has 5 nitrogen and oxygen atoms in total. The molecule has 0 saturated carbocycles. The Balaban J connectivity index is 2.26. The van der Waals surface area contributed by atoms with Gasteiger partial charge in [-0.25, -0.2) is 0 Å². The molecule has 0 aromatic heterocycles. The molecule has 2 rings (SSSR count). The lowest BCUT2D eigenvalue weighted by atomic mass is 10.1. The number of hydrogen-bond acceptors (Lipinski definition) is 3. The van der Waals surface area contributed by atoms with Gasteiger partial charge in [0, 0.05) is 26.3 Å². The molecule has 0 heterocycles. The molecule has 0 aliphatic rings. The number of amides is 1. The van der Waals surface area contributed by atoms with Gasteiger partial charge in [0.1, 0.15) is 0 Å². The van der Waals surface area contributed by atoms with E-state index in [2.05, 4.69) is 27.9 Å². The lowest BCUT2D eigenvalue weighted by Gasteiger charge is -2.09. The molecule has 0 fully saturated rings. The molecule has 7 heteroatoms. The van der Waals surface area contributed by atoms with Crippen LogP contribution in [0.25, 0.3) is 0 Å². The normalized spacial score (nSPS) is 10.2. The van der Waals surface area contributed by atoms with Crippen LogP contribution in [0.1, 0.15) is 15.9 Å². The number of carbonyl (C=O) groups excluding carboxylic acids is 1. The highest BCUT2D eigenvalue weighted by Gasteiger charge is 2.14. The number of non-ortho nitro benzene ring substituents is 1. The van der Waals surface area contributed by atoms with Crippen LogP contribution in [-0.4, -0.2) is 10.8 Å². The largest absolute Gasteiger partial charge is 0.321 e. The lowest BCUT2D eigenvalue weighted by Crippen LogP contribution is -2.14. The van der Waals surface area contributed by atoms with E-state index in [1.165, 1.54) is 18.2 Å². The maximum absolute atomic E-state index is 12.2. The predicted molar refractivity (Wildman–Crippen MR) is 90.0 cm³/mol. The van der Waals surface area contributed by atoms with Gasteiger partial charge < -0.3 is 5.32 Å². The second-order valence-electron chi connectivity index (χ2n) is 4.33. The summed E-state index contributed by atoms with van der Waals surface area (Å²) < 4.78 is 0.813. The summed E-state index contributed by atoms with van der Waals surface area (Å²) in [5.74, 6) is -0.317. The zero-order chi connectivity index (χ0) is 15.6. The quantitative estimate of drug-likeness (QED) is 0.457. The van der Waals surface area contributed by atoms with Crippen molar-refractivity contribution >= 4 is 51.5 Å². The SMILES string of the molecule is Cc1cc([N+](=O)[O-])ccc1C(=O)Nc1ccc(Cl)cc1I. The Kier molecular flexibility index (Phi) is 4.79. The van der Waals surface area contributed by atoms with Crippen molar-refractivity contribution in [1.29, 1.82) is 0 Å². The van der Waals surface area contributed by atoms with Gasteiger partial charge in [0.15, 0.2) is 0 Å². The summed E-state index contributed by atoms with van der Waals surface area (Å²) in [4.78, 5) is 22.4. The molecule has 0 spiro atoms. The Labute approximate surface area is 139 Å². The maximum Gasteiger partial charge on any atom is 0.269 e. The predicted octanol–water partition coefficient (Wildman–Crippen LogP) is 4.41. The maximum atomic E-state index is 12.2. The van der Waals surface area contributed by atoms with Gasteiger partial charge in [-0.05, 0) is 59.3 Å². The first kappa shape index (κ1) is 15.7. The minimum atomic E-state index is -0.489. The molecule has 0 bridgehead atoms. The van der Waals surface area contributed by atoms with Crippen molar-refractivity contribution in [3.05, 3.63) is 66.2 Å². The van der Waals surface area contributed by atoms with Crippen molar-refractivity contribution in [2.24, 2.45) is 0 Å². The highest BCUT2D eigenvalue weighted by molar-refractivity contribution is 14.1. The van der Waals surface area contributed by atoms with Crippen LogP contribution >= 0.6 is 34.2 Å². The Bertz CT molecular complexity index is 734. The van der Waals surface area contributed by atoms with Gasteiger partial charge in [-0.15, -0.1) is 0 Å². The average Bonchev–Trinajstić information content (AvgIpc) is 2.41. The van der Waals surface area contributed by atoms with E-state index in [0.29, 0.717) is 21.8 Å². The summed E-state index contributed by atoms with van der Waals surface area (Å²) in [5, 5.41) is 14.0. The number of rotatable bonds is 3. The number of hydrogen-bond donors (Lipinski definition) is 1. The first-order chi connectivity index (χ1) is 9.88. The van der Waals surface area contributed by atoms with E-state index in [9.17, 15) is 14.9 Å². The highest BCUT2D eigenvalue weighted by atomic mass is 127. The Hall–Kier alpha value is -1.67. The second-order valence-corrected chi connectivity index (χ2v) is 5.93. The number of nitrogens with one attached hydrogen (secondary N) is 1. The van der Waals surface area contributed by atoms with E-state index >= 15 is 0 Å². The van der Waals surface area contributed by atoms with Gasteiger partial charge in [0.2, 0.25) is 0 Å². The standard InChI is InChI=1S/C14H10ClIN2O3/c1-8-6-10(18(20)21)3-4-11(8)14(19)17-13-5-2-9(15)7-12(13)16/h2-7H,1H3,(H,17,19). The minimum absolute atomic E-state index is 0.0369. The van der Waals surface area contributed by atoms with Crippen LogP contribution in [0.15, 0.2) is 36.4 Å². The Morgan fingerprint density at radius 1 is 1.29 bits per heavy atom. The molecule has 2 aromatic rings. The lowest BCUT2D eigenvalue weighted by molar-refractivity contribution is -0.384. The third kappa shape index (κ3) is 3.70. The topological polar surface area (TPSA) is 72.2 Å². The fourth-order valence-electron chi connectivity index (χ4n) is 1.80. The molecule has 2 aromatic carbocycles. The molecule has 0 atom stereocenters. The van der Waals surface area contributed by atoms with E-state index in [-0.39, 0.29) is 11.6 Å². The fraction of sp³-hybridized carbons (Fsp3) is 0.0714. The van der Waals surface area contributed by atoms with Crippen molar-refractivity contribution in [3.63, 3.8) is 0 Å². The minimum Gasteiger partial charge on any atom is -0.321 e. The molecule has 0 aliphatic heterocycles. The molecule has 0 aliphatic carbocycles. The van der Waals surface area contributed by atoms with Crippen LogP contribution in [0, 0.1) is 20.6 Å². The summed E-state index contributed by atoms with van der Waals surface area (Å²) in [6.07, 6.45) is 0. The number of nitro benzene ring substituents is 1. The molecule has 1 amide bonds. The van der Waals surface area contributed by atoms with E-state index in [0.717, 1.165) is 3.57 Å². The van der Waals surface area contributed by atoms with Crippen LogP contribution in [-0.2, 0) is 0 Å². The summed E-state index contributed by atoms with van der Waals surface area (Å²) in [6.45, 7) is 1.66. The zero-order valence-corrected chi connectivity index (χ0v) is 13.8. The van der Waals surface area contributed by atoms with Crippen LogP contribution < -0.4 is 5.32 Å². The second kappa shape index (κ2) is 6.40. The summed E-state index contributed by atoms with van der Waals surface area (Å²) in [6, 6.07) is 9.27.